The summed E-state index contributed by atoms with van der Waals surface area (Å²) >= 11 is 0. The second kappa shape index (κ2) is 4.71. The van der Waals surface area contributed by atoms with Crippen LogP contribution in [-0.2, 0) is 0 Å². The lowest BCUT2D eigenvalue weighted by atomic mass is 10.1. The van der Waals surface area contributed by atoms with Gasteiger partial charge in [0.1, 0.15) is 5.54 Å². The minimum Gasteiger partial charge on any atom is -0.378 e. The molecule has 1 N–H and O–H groups in total. The van der Waals surface area contributed by atoms with Gasteiger partial charge in [0.25, 0.3) is 0 Å². The molecule has 0 spiro atoms. The molecule has 1 atom stereocenters. The van der Waals surface area contributed by atoms with E-state index in [0.717, 1.165) is 11.3 Å². The van der Waals surface area contributed by atoms with Gasteiger partial charge in [-0.15, -0.1) is 0 Å². The van der Waals surface area contributed by atoms with Gasteiger partial charge in [-0.1, -0.05) is 12.1 Å². The second-order valence-electron chi connectivity index (χ2n) is 5.43. The van der Waals surface area contributed by atoms with E-state index < -0.39 is 11.7 Å². The average Bonchev–Trinajstić information content (AvgIpc) is 3.09. The van der Waals surface area contributed by atoms with Crippen molar-refractivity contribution in [3.8, 4) is 0 Å². The second-order valence-corrected chi connectivity index (χ2v) is 5.43. The maximum Gasteiger partial charge on any atom is 0.406 e. The van der Waals surface area contributed by atoms with Crippen LogP contribution >= 0.6 is 0 Å². The highest BCUT2D eigenvalue weighted by atomic mass is 19.4. The molecule has 19 heavy (non-hydrogen) atoms. The van der Waals surface area contributed by atoms with Crippen LogP contribution < -0.4 is 10.2 Å². The van der Waals surface area contributed by atoms with Gasteiger partial charge in [0.2, 0.25) is 0 Å². The van der Waals surface area contributed by atoms with Gasteiger partial charge in [-0.05, 0) is 37.5 Å². The standard InChI is InChI=1S/C14H19F3N2/c1-10(18-13(8-9-13)14(15,16)17)11-4-6-12(7-5-11)19(2)3/h4-7,10,18H,8-9H2,1-3H3. The van der Waals surface area contributed by atoms with Crippen LogP contribution in [0.4, 0.5) is 18.9 Å². The summed E-state index contributed by atoms with van der Waals surface area (Å²) in [5, 5.41) is 2.73. The summed E-state index contributed by atoms with van der Waals surface area (Å²) in [5.74, 6) is 0. The third-order valence-electron chi connectivity index (χ3n) is 3.69. The first kappa shape index (κ1) is 14.2. The van der Waals surface area contributed by atoms with Crippen molar-refractivity contribution in [2.75, 3.05) is 19.0 Å². The third kappa shape index (κ3) is 2.86. The molecule has 1 aliphatic rings. The van der Waals surface area contributed by atoms with Crippen molar-refractivity contribution >= 4 is 5.69 Å². The summed E-state index contributed by atoms with van der Waals surface area (Å²) in [6.07, 6.45) is -3.81. The number of alkyl halides is 3. The highest BCUT2D eigenvalue weighted by molar-refractivity contribution is 5.46. The Kier molecular flexibility index (Phi) is 3.51. The normalized spacial score (nSPS) is 19.1. The van der Waals surface area contributed by atoms with Gasteiger partial charge in [0, 0.05) is 25.8 Å². The molecule has 0 aromatic heterocycles. The van der Waals surface area contributed by atoms with Crippen LogP contribution in [0.3, 0.4) is 0 Å². The predicted octanol–water partition coefficient (Wildman–Crippen LogP) is 3.50. The van der Waals surface area contributed by atoms with E-state index in [1.165, 1.54) is 0 Å². The number of hydrogen-bond donors (Lipinski definition) is 1. The first-order chi connectivity index (χ1) is 8.75. The van der Waals surface area contributed by atoms with E-state index >= 15 is 0 Å². The van der Waals surface area contributed by atoms with Crippen LogP contribution in [0.2, 0.25) is 0 Å². The molecule has 1 aromatic rings. The molecule has 0 bridgehead atoms. The lowest BCUT2D eigenvalue weighted by molar-refractivity contribution is -0.167. The molecule has 106 valence electrons. The Morgan fingerprint density at radius 2 is 1.68 bits per heavy atom. The lowest BCUT2D eigenvalue weighted by Gasteiger charge is -2.25. The molecule has 1 aliphatic carbocycles. The van der Waals surface area contributed by atoms with Gasteiger partial charge in [0.15, 0.2) is 0 Å². The minimum absolute atomic E-state index is 0.177. The molecule has 0 radical (unpaired) electrons. The van der Waals surface area contributed by atoms with Gasteiger partial charge in [-0.2, -0.15) is 13.2 Å². The van der Waals surface area contributed by atoms with E-state index in [9.17, 15) is 13.2 Å². The first-order valence-corrected chi connectivity index (χ1v) is 6.37. The summed E-state index contributed by atoms with van der Waals surface area (Å²) in [4.78, 5) is 1.96. The fourth-order valence-corrected chi connectivity index (χ4v) is 2.19. The molecule has 1 fully saturated rings. The topological polar surface area (TPSA) is 15.3 Å². The van der Waals surface area contributed by atoms with Crippen LogP contribution in [0.1, 0.15) is 31.4 Å². The van der Waals surface area contributed by atoms with Crippen molar-refractivity contribution in [2.45, 2.75) is 37.5 Å². The molecule has 0 amide bonds. The van der Waals surface area contributed by atoms with Gasteiger partial charge < -0.3 is 4.90 Å². The molecule has 2 rings (SSSR count). The van der Waals surface area contributed by atoms with Crippen LogP contribution in [-0.4, -0.2) is 25.8 Å². The molecule has 5 heteroatoms. The number of nitrogens with zero attached hydrogens (tertiary/aromatic N) is 1. The zero-order valence-corrected chi connectivity index (χ0v) is 11.4. The van der Waals surface area contributed by atoms with Crippen LogP contribution in [0.15, 0.2) is 24.3 Å². The molecule has 1 aromatic carbocycles. The molecule has 1 unspecified atom stereocenters. The highest BCUT2D eigenvalue weighted by Gasteiger charge is 2.63. The van der Waals surface area contributed by atoms with Crippen molar-refractivity contribution in [1.82, 2.24) is 5.32 Å². The third-order valence-corrected chi connectivity index (χ3v) is 3.69. The maximum atomic E-state index is 12.9. The number of nitrogens with one attached hydrogen (secondary N) is 1. The summed E-state index contributed by atoms with van der Waals surface area (Å²) in [5.41, 5.74) is 0.251. The Labute approximate surface area is 111 Å². The van der Waals surface area contributed by atoms with Crippen molar-refractivity contribution in [1.29, 1.82) is 0 Å². The predicted molar refractivity (Wildman–Crippen MR) is 70.3 cm³/mol. The Morgan fingerprint density at radius 3 is 2.05 bits per heavy atom. The van der Waals surface area contributed by atoms with Crippen LogP contribution in [0, 0.1) is 0 Å². The fraction of sp³-hybridized carbons (Fsp3) is 0.571. The number of rotatable bonds is 4. The number of benzene rings is 1. The fourth-order valence-electron chi connectivity index (χ4n) is 2.19. The van der Waals surface area contributed by atoms with E-state index in [-0.39, 0.29) is 18.9 Å². The van der Waals surface area contributed by atoms with E-state index in [4.69, 9.17) is 0 Å². The molecule has 0 aliphatic heterocycles. The summed E-state index contributed by atoms with van der Waals surface area (Å²) in [7, 11) is 3.86. The van der Waals surface area contributed by atoms with Crippen LogP contribution in [0.5, 0.6) is 0 Å². The average molecular weight is 272 g/mol. The Bertz CT molecular complexity index is 433. The van der Waals surface area contributed by atoms with Gasteiger partial charge in [0.05, 0.1) is 0 Å². The zero-order chi connectivity index (χ0) is 14.3. The molecule has 1 saturated carbocycles. The van der Waals surface area contributed by atoms with Gasteiger partial charge in [-0.25, -0.2) is 0 Å². The Hall–Kier alpha value is -1.23. The number of hydrogen-bond acceptors (Lipinski definition) is 2. The summed E-state index contributed by atoms with van der Waals surface area (Å²) < 4.78 is 38.6. The van der Waals surface area contributed by atoms with Gasteiger partial charge >= 0.3 is 6.18 Å². The van der Waals surface area contributed by atoms with Gasteiger partial charge in [-0.3, -0.25) is 5.32 Å². The van der Waals surface area contributed by atoms with E-state index in [1.54, 1.807) is 6.92 Å². The van der Waals surface area contributed by atoms with E-state index in [1.807, 2.05) is 43.3 Å². The molecule has 0 saturated heterocycles. The molecule has 2 nitrogen and oxygen atoms in total. The zero-order valence-electron chi connectivity index (χ0n) is 11.4. The maximum absolute atomic E-state index is 12.9. The van der Waals surface area contributed by atoms with Crippen molar-refractivity contribution in [3.63, 3.8) is 0 Å². The number of halogens is 3. The highest BCUT2D eigenvalue weighted by Crippen LogP contribution is 2.50. The monoisotopic (exact) mass is 272 g/mol. The van der Waals surface area contributed by atoms with Crippen LogP contribution in [0.25, 0.3) is 0 Å². The largest absolute Gasteiger partial charge is 0.406 e. The smallest absolute Gasteiger partial charge is 0.378 e. The minimum atomic E-state index is -4.16. The quantitative estimate of drug-likeness (QED) is 0.902. The van der Waals surface area contributed by atoms with E-state index in [0.29, 0.717) is 0 Å². The SMILES string of the molecule is CC(NC1(C(F)(F)F)CC1)c1ccc(N(C)C)cc1. The molecule has 0 heterocycles. The summed E-state index contributed by atoms with van der Waals surface area (Å²) in [6, 6.07) is 7.28. The summed E-state index contributed by atoms with van der Waals surface area (Å²) in [6.45, 7) is 1.77. The van der Waals surface area contributed by atoms with Crippen molar-refractivity contribution in [2.24, 2.45) is 0 Å². The van der Waals surface area contributed by atoms with E-state index in [2.05, 4.69) is 5.32 Å². The number of anilines is 1. The van der Waals surface area contributed by atoms with Crippen molar-refractivity contribution in [3.05, 3.63) is 29.8 Å². The Morgan fingerprint density at radius 1 is 1.16 bits per heavy atom. The molecular weight excluding hydrogens is 253 g/mol. The molecular formula is C14H19F3N2. The Balaban J connectivity index is 2.06. The lowest BCUT2D eigenvalue weighted by Crippen LogP contribution is -2.45. The first-order valence-electron chi connectivity index (χ1n) is 6.37. The van der Waals surface area contributed by atoms with Crippen molar-refractivity contribution < 1.29 is 13.2 Å².